The molecule has 1 aromatic carbocycles. The van der Waals surface area contributed by atoms with Crippen LogP contribution in [0.15, 0.2) is 28.8 Å². The van der Waals surface area contributed by atoms with Crippen LogP contribution in [-0.2, 0) is 23.2 Å². The van der Waals surface area contributed by atoms with Crippen molar-refractivity contribution >= 4 is 11.6 Å². The van der Waals surface area contributed by atoms with Crippen molar-refractivity contribution in [1.29, 1.82) is 0 Å². The molecule has 0 saturated carbocycles. The molecule has 25 heavy (non-hydrogen) atoms. The van der Waals surface area contributed by atoms with Gasteiger partial charge in [0.2, 0.25) is 11.8 Å². The van der Waals surface area contributed by atoms with Gasteiger partial charge in [-0.05, 0) is 30.5 Å². The lowest BCUT2D eigenvalue weighted by Crippen LogP contribution is -2.33. The second-order valence-electron chi connectivity index (χ2n) is 7.83. The predicted octanol–water partition coefficient (Wildman–Crippen LogP) is 4.05. The van der Waals surface area contributed by atoms with E-state index < -0.39 is 0 Å². The number of benzene rings is 1. The van der Waals surface area contributed by atoms with E-state index in [1.165, 1.54) is 11.1 Å². The van der Waals surface area contributed by atoms with E-state index in [0.717, 1.165) is 36.8 Å². The second-order valence-corrected chi connectivity index (χ2v) is 7.83. The van der Waals surface area contributed by atoms with Gasteiger partial charge in [0.25, 0.3) is 0 Å². The van der Waals surface area contributed by atoms with E-state index in [1.807, 2.05) is 18.3 Å². The van der Waals surface area contributed by atoms with Gasteiger partial charge < -0.3 is 9.73 Å². The first-order valence-electron chi connectivity index (χ1n) is 8.84. The monoisotopic (exact) mass is 341 g/mol. The number of anilines is 1. The summed E-state index contributed by atoms with van der Waals surface area (Å²) in [6.45, 7) is 11.8. The number of nitrogens with zero attached hydrogens (tertiary/aromatic N) is 2. The minimum Gasteiger partial charge on any atom is -0.443 e. The van der Waals surface area contributed by atoms with E-state index in [1.54, 1.807) is 6.92 Å². The Hall–Kier alpha value is -2.14. The molecule has 3 rings (SSSR count). The highest BCUT2D eigenvalue weighted by Gasteiger charge is 2.27. The van der Waals surface area contributed by atoms with Crippen LogP contribution in [0.3, 0.4) is 0 Å². The molecule has 1 N–H and O–H groups in total. The van der Waals surface area contributed by atoms with Crippen molar-refractivity contribution in [2.24, 2.45) is 0 Å². The van der Waals surface area contributed by atoms with Crippen molar-refractivity contribution in [2.45, 2.75) is 59.0 Å². The molecule has 0 radical (unpaired) electrons. The fraction of sp³-hybridized carbons (Fsp3) is 0.500. The highest BCUT2D eigenvalue weighted by Crippen LogP contribution is 2.32. The zero-order chi connectivity index (χ0) is 18.2. The average Bonchev–Trinajstić information content (AvgIpc) is 3.03. The summed E-state index contributed by atoms with van der Waals surface area (Å²) in [4.78, 5) is 18.3. The van der Waals surface area contributed by atoms with Crippen molar-refractivity contribution in [3.8, 4) is 0 Å². The van der Waals surface area contributed by atoms with Crippen molar-refractivity contribution in [3.05, 3.63) is 47.2 Å². The zero-order valence-corrected chi connectivity index (χ0v) is 15.7. The molecule has 2 aromatic rings. The molecular formula is C20H27N3O2. The van der Waals surface area contributed by atoms with Gasteiger partial charge in [0.15, 0.2) is 0 Å². The van der Waals surface area contributed by atoms with Crippen LogP contribution in [0.1, 0.15) is 63.4 Å². The molecule has 2 heterocycles. The average molecular weight is 341 g/mol. The highest BCUT2D eigenvalue weighted by atomic mass is 16.4. The minimum atomic E-state index is -0.0350. The Morgan fingerprint density at radius 1 is 1.36 bits per heavy atom. The summed E-state index contributed by atoms with van der Waals surface area (Å²) in [5.74, 6) is 1.66. The SMILES string of the molecule is CC(=O)Nc1cccc2c1CCN([C@H](C)c1ncc(C(C)(C)C)o1)C2. The number of carbonyl (C=O) groups is 1. The first-order chi connectivity index (χ1) is 11.8. The van der Waals surface area contributed by atoms with Crippen LogP contribution in [0.5, 0.6) is 0 Å². The van der Waals surface area contributed by atoms with E-state index in [2.05, 4.69) is 49.0 Å². The van der Waals surface area contributed by atoms with Crippen LogP contribution in [-0.4, -0.2) is 22.3 Å². The van der Waals surface area contributed by atoms with E-state index in [4.69, 9.17) is 4.42 Å². The number of fused-ring (bicyclic) bond motifs is 1. The number of hydrogen-bond donors (Lipinski definition) is 1. The Kier molecular flexibility index (Phi) is 4.69. The molecule has 1 aromatic heterocycles. The van der Waals surface area contributed by atoms with Gasteiger partial charge in [-0.25, -0.2) is 4.98 Å². The second kappa shape index (κ2) is 6.64. The molecular weight excluding hydrogens is 314 g/mol. The van der Waals surface area contributed by atoms with Crippen LogP contribution in [0.25, 0.3) is 0 Å². The molecule has 5 nitrogen and oxygen atoms in total. The largest absolute Gasteiger partial charge is 0.443 e. The molecule has 1 atom stereocenters. The Morgan fingerprint density at radius 3 is 2.76 bits per heavy atom. The number of amides is 1. The Labute approximate surface area is 149 Å². The van der Waals surface area contributed by atoms with E-state index >= 15 is 0 Å². The summed E-state index contributed by atoms with van der Waals surface area (Å²) in [5, 5.41) is 2.94. The van der Waals surface area contributed by atoms with Gasteiger partial charge >= 0.3 is 0 Å². The van der Waals surface area contributed by atoms with E-state index in [9.17, 15) is 4.79 Å². The molecule has 0 unspecified atom stereocenters. The molecule has 0 saturated heterocycles. The first kappa shape index (κ1) is 17.7. The Morgan fingerprint density at radius 2 is 2.12 bits per heavy atom. The maximum Gasteiger partial charge on any atom is 0.221 e. The fourth-order valence-electron chi connectivity index (χ4n) is 3.25. The summed E-state index contributed by atoms with van der Waals surface area (Å²) in [6, 6.07) is 6.23. The summed E-state index contributed by atoms with van der Waals surface area (Å²) in [7, 11) is 0. The maximum atomic E-state index is 11.4. The van der Waals surface area contributed by atoms with E-state index in [0.29, 0.717) is 0 Å². The van der Waals surface area contributed by atoms with Gasteiger partial charge in [0, 0.05) is 31.1 Å². The number of hydrogen-bond acceptors (Lipinski definition) is 4. The first-order valence-corrected chi connectivity index (χ1v) is 8.84. The fourth-order valence-corrected chi connectivity index (χ4v) is 3.25. The third kappa shape index (κ3) is 3.76. The summed E-state index contributed by atoms with van der Waals surface area (Å²) >= 11 is 0. The molecule has 0 spiro atoms. The molecule has 1 aliphatic heterocycles. The maximum absolute atomic E-state index is 11.4. The Bertz CT molecular complexity index is 773. The quantitative estimate of drug-likeness (QED) is 0.915. The lowest BCUT2D eigenvalue weighted by molar-refractivity contribution is -0.114. The molecule has 0 fully saturated rings. The molecule has 0 bridgehead atoms. The van der Waals surface area contributed by atoms with Crippen molar-refractivity contribution in [1.82, 2.24) is 9.88 Å². The van der Waals surface area contributed by atoms with Gasteiger partial charge in [-0.15, -0.1) is 0 Å². The predicted molar refractivity (Wildman–Crippen MR) is 98.5 cm³/mol. The van der Waals surface area contributed by atoms with Crippen LogP contribution in [0, 0.1) is 0 Å². The molecule has 0 aliphatic carbocycles. The van der Waals surface area contributed by atoms with Gasteiger partial charge in [0.1, 0.15) is 5.76 Å². The van der Waals surface area contributed by atoms with Crippen LogP contribution >= 0.6 is 0 Å². The lowest BCUT2D eigenvalue weighted by atomic mass is 9.94. The van der Waals surface area contributed by atoms with Crippen LogP contribution < -0.4 is 5.32 Å². The van der Waals surface area contributed by atoms with Crippen LogP contribution in [0.2, 0.25) is 0 Å². The van der Waals surface area contributed by atoms with Crippen molar-refractivity contribution in [2.75, 3.05) is 11.9 Å². The summed E-state index contributed by atoms with van der Waals surface area (Å²) < 4.78 is 6.02. The summed E-state index contributed by atoms with van der Waals surface area (Å²) in [5.41, 5.74) is 3.39. The minimum absolute atomic E-state index is 0.0290. The zero-order valence-electron chi connectivity index (χ0n) is 15.7. The number of nitrogens with one attached hydrogen (secondary N) is 1. The third-order valence-electron chi connectivity index (χ3n) is 4.77. The topological polar surface area (TPSA) is 58.4 Å². The summed E-state index contributed by atoms with van der Waals surface area (Å²) in [6.07, 6.45) is 2.75. The van der Waals surface area contributed by atoms with Crippen LogP contribution in [0.4, 0.5) is 5.69 Å². The van der Waals surface area contributed by atoms with Gasteiger partial charge in [0.05, 0.1) is 12.2 Å². The lowest BCUT2D eigenvalue weighted by Gasteiger charge is -2.33. The number of aromatic nitrogens is 1. The van der Waals surface area contributed by atoms with E-state index in [-0.39, 0.29) is 17.4 Å². The standard InChI is InChI=1S/C20H27N3O2/c1-13(19-21-11-18(25-19)20(3,4)5)23-10-9-16-15(12-23)7-6-8-17(16)22-14(2)24/h6-8,11,13H,9-10,12H2,1-5H3,(H,22,24)/t13-/m1/s1. The molecule has 134 valence electrons. The van der Waals surface area contributed by atoms with Crippen molar-refractivity contribution < 1.29 is 9.21 Å². The highest BCUT2D eigenvalue weighted by molar-refractivity contribution is 5.89. The third-order valence-corrected chi connectivity index (χ3v) is 4.77. The molecule has 1 amide bonds. The number of oxazole rings is 1. The normalized spacial score (nSPS) is 16.4. The molecule has 1 aliphatic rings. The van der Waals surface area contributed by atoms with Crippen molar-refractivity contribution in [3.63, 3.8) is 0 Å². The van der Waals surface area contributed by atoms with Gasteiger partial charge in [-0.2, -0.15) is 0 Å². The smallest absolute Gasteiger partial charge is 0.221 e. The number of carbonyl (C=O) groups excluding carboxylic acids is 1. The van der Waals surface area contributed by atoms with Gasteiger partial charge in [-0.3, -0.25) is 9.69 Å². The Balaban J connectivity index is 1.78. The number of rotatable bonds is 3. The molecule has 5 heteroatoms. The van der Waals surface area contributed by atoms with Gasteiger partial charge in [-0.1, -0.05) is 32.9 Å².